The minimum absolute atomic E-state index is 0.0808. The maximum Gasteiger partial charge on any atom is 0.274 e. The minimum atomic E-state index is 0.0808. The molecule has 0 aromatic carbocycles. The molecule has 4 heterocycles. The van der Waals surface area contributed by atoms with Crippen LogP contribution in [0.15, 0.2) is 28.9 Å². The van der Waals surface area contributed by atoms with E-state index in [1.807, 2.05) is 18.2 Å². The van der Waals surface area contributed by atoms with Crippen molar-refractivity contribution in [3.8, 4) is 11.5 Å². The lowest BCUT2D eigenvalue weighted by atomic mass is 9.68. The quantitative estimate of drug-likeness (QED) is 0.925. The molecule has 2 unspecified atom stereocenters. The van der Waals surface area contributed by atoms with Crippen LogP contribution in [0.1, 0.15) is 42.6 Å². The van der Waals surface area contributed by atoms with Crippen LogP contribution >= 0.6 is 0 Å². The highest BCUT2D eigenvalue weighted by Gasteiger charge is 2.44. The van der Waals surface area contributed by atoms with Gasteiger partial charge in [-0.15, -0.1) is 0 Å². The molecule has 4 bridgehead atoms. The molecule has 1 amide bonds. The lowest BCUT2D eigenvalue weighted by Crippen LogP contribution is -2.42. The first-order valence-electron chi connectivity index (χ1n) is 8.66. The number of rotatable bonds is 2. The van der Waals surface area contributed by atoms with E-state index < -0.39 is 0 Å². The summed E-state index contributed by atoms with van der Waals surface area (Å²) in [5.41, 5.74) is 1.27. The van der Waals surface area contributed by atoms with E-state index in [1.54, 1.807) is 6.26 Å². The topological polar surface area (TPSA) is 62.1 Å². The van der Waals surface area contributed by atoms with Crippen molar-refractivity contribution in [1.82, 2.24) is 15.1 Å². The molecule has 2 aromatic heterocycles. The molecule has 2 aliphatic carbocycles. The molecular weight excluding hydrogens is 290 g/mol. The van der Waals surface area contributed by atoms with Gasteiger partial charge in [0.1, 0.15) is 5.69 Å². The Morgan fingerprint density at radius 2 is 1.96 bits per heavy atom. The van der Waals surface area contributed by atoms with E-state index in [2.05, 4.69) is 15.1 Å². The summed E-state index contributed by atoms with van der Waals surface area (Å²) in [6.45, 7) is 0.916. The standard InChI is InChI=1S/C18H21N3O2/c22-18(16-9-15(19-20-16)17-2-1-3-23-17)21-10-13-5-11-4-12(6-13)8-14(21)7-11/h1-3,9,11-14H,4-8,10H2,(H,19,20)/t11-,12+,13?,14?. The molecule has 0 radical (unpaired) electrons. The maximum absolute atomic E-state index is 13.0. The summed E-state index contributed by atoms with van der Waals surface area (Å²) in [6, 6.07) is 5.94. The van der Waals surface area contributed by atoms with Gasteiger partial charge in [0.05, 0.1) is 6.26 Å². The fourth-order valence-corrected chi connectivity index (χ4v) is 5.17. The molecule has 120 valence electrons. The van der Waals surface area contributed by atoms with Gasteiger partial charge in [-0.3, -0.25) is 9.89 Å². The average molecular weight is 311 g/mol. The summed E-state index contributed by atoms with van der Waals surface area (Å²) in [5, 5.41) is 7.18. The molecule has 23 heavy (non-hydrogen) atoms. The highest BCUT2D eigenvalue weighted by atomic mass is 16.3. The van der Waals surface area contributed by atoms with Gasteiger partial charge in [0.15, 0.2) is 11.5 Å². The number of fused-ring (bicyclic) bond motifs is 1. The maximum atomic E-state index is 13.0. The van der Waals surface area contributed by atoms with Gasteiger partial charge < -0.3 is 9.32 Å². The number of H-pyrrole nitrogens is 1. The summed E-state index contributed by atoms with van der Waals surface area (Å²) >= 11 is 0. The predicted octanol–water partition coefficient (Wildman–Crippen LogP) is 3.32. The van der Waals surface area contributed by atoms with Crippen molar-refractivity contribution >= 4 is 5.91 Å². The molecule has 4 atom stereocenters. The van der Waals surface area contributed by atoms with Gasteiger partial charge in [0, 0.05) is 18.7 Å². The smallest absolute Gasteiger partial charge is 0.274 e. The van der Waals surface area contributed by atoms with Gasteiger partial charge in [-0.25, -0.2) is 0 Å². The zero-order valence-corrected chi connectivity index (χ0v) is 13.1. The summed E-state index contributed by atoms with van der Waals surface area (Å²) < 4.78 is 5.37. The van der Waals surface area contributed by atoms with E-state index in [0.717, 1.165) is 24.1 Å². The molecular formula is C18H21N3O2. The van der Waals surface area contributed by atoms with Crippen molar-refractivity contribution in [2.24, 2.45) is 17.8 Å². The molecule has 2 saturated heterocycles. The van der Waals surface area contributed by atoms with E-state index in [0.29, 0.717) is 23.4 Å². The Morgan fingerprint density at radius 3 is 2.70 bits per heavy atom. The highest BCUT2D eigenvalue weighted by Crippen LogP contribution is 2.47. The highest BCUT2D eigenvalue weighted by molar-refractivity contribution is 5.93. The number of hydrogen-bond acceptors (Lipinski definition) is 3. The zero-order chi connectivity index (χ0) is 15.4. The number of nitrogens with one attached hydrogen (secondary N) is 1. The van der Waals surface area contributed by atoms with E-state index in [9.17, 15) is 4.79 Å². The van der Waals surface area contributed by atoms with Gasteiger partial charge in [-0.1, -0.05) is 0 Å². The Morgan fingerprint density at radius 1 is 1.17 bits per heavy atom. The molecule has 6 rings (SSSR count). The van der Waals surface area contributed by atoms with E-state index >= 15 is 0 Å². The summed E-state index contributed by atoms with van der Waals surface area (Å²) in [6.07, 6.45) is 8.02. The summed E-state index contributed by atoms with van der Waals surface area (Å²) in [7, 11) is 0. The van der Waals surface area contributed by atoms with Crippen LogP contribution in [-0.4, -0.2) is 33.6 Å². The van der Waals surface area contributed by atoms with Crippen molar-refractivity contribution in [2.75, 3.05) is 6.54 Å². The van der Waals surface area contributed by atoms with Crippen LogP contribution in [0.5, 0.6) is 0 Å². The fraction of sp³-hybridized carbons (Fsp3) is 0.556. The molecule has 1 N–H and O–H groups in total. The lowest BCUT2D eigenvalue weighted by Gasteiger charge is -2.38. The van der Waals surface area contributed by atoms with Crippen molar-refractivity contribution in [2.45, 2.75) is 38.1 Å². The summed E-state index contributed by atoms with van der Waals surface area (Å²) in [5.74, 6) is 3.17. The predicted molar refractivity (Wildman–Crippen MR) is 84.7 cm³/mol. The van der Waals surface area contributed by atoms with Gasteiger partial charge in [0.25, 0.3) is 5.91 Å². The Kier molecular flexibility index (Phi) is 2.90. The van der Waals surface area contributed by atoms with Crippen molar-refractivity contribution in [3.05, 3.63) is 30.2 Å². The third-order valence-corrected chi connectivity index (χ3v) is 5.95. The van der Waals surface area contributed by atoms with Crippen molar-refractivity contribution < 1.29 is 9.21 Å². The minimum Gasteiger partial charge on any atom is -0.463 e. The van der Waals surface area contributed by atoms with Crippen LogP contribution < -0.4 is 0 Å². The van der Waals surface area contributed by atoms with E-state index in [1.165, 1.54) is 32.1 Å². The third kappa shape index (κ3) is 2.21. The fourth-order valence-electron chi connectivity index (χ4n) is 5.17. The number of carbonyl (C=O) groups is 1. The van der Waals surface area contributed by atoms with Crippen LogP contribution in [0.4, 0.5) is 0 Å². The largest absolute Gasteiger partial charge is 0.463 e. The van der Waals surface area contributed by atoms with Crippen molar-refractivity contribution in [1.29, 1.82) is 0 Å². The number of carbonyl (C=O) groups excluding carboxylic acids is 1. The van der Waals surface area contributed by atoms with Gasteiger partial charge in [-0.2, -0.15) is 5.10 Å². The average Bonchev–Trinajstić information content (AvgIpc) is 3.18. The number of hydrogen-bond donors (Lipinski definition) is 1. The van der Waals surface area contributed by atoms with Crippen LogP contribution in [0, 0.1) is 17.8 Å². The van der Waals surface area contributed by atoms with E-state index in [-0.39, 0.29) is 5.91 Å². The summed E-state index contributed by atoms with van der Waals surface area (Å²) in [4.78, 5) is 15.1. The van der Waals surface area contributed by atoms with Gasteiger partial charge >= 0.3 is 0 Å². The van der Waals surface area contributed by atoms with Crippen LogP contribution in [-0.2, 0) is 0 Å². The van der Waals surface area contributed by atoms with Gasteiger partial charge in [-0.05, 0) is 62.0 Å². The number of aromatic nitrogens is 2. The SMILES string of the molecule is O=C(c1cc(-c2ccco2)[nH]n1)N1CC2C[C@@H]3CC1C[C@H](C2)C3. The number of nitrogens with zero attached hydrogens (tertiary/aromatic N) is 2. The monoisotopic (exact) mass is 311 g/mol. The zero-order valence-electron chi connectivity index (χ0n) is 13.1. The normalized spacial score (nSPS) is 32.3. The molecule has 5 nitrogen and oxygen atoms in total. The molecule has 2 aromatic rings. The third-order valence-electron chi connectivity index (χ3n) is 5.95. The first kappa shape index (κ1) is 13.4. The molecule has 0 spiro atoms. The second-order valence-corrected chi connectivity index (χ2v) is 7.53. The molecule has 4 fully saturated rings. The van der Waals surface area contributed by atoms with E-state index in [4.69, 9.17) is 4.42 Å². The Bertz CT molecular complexity index is 706. The Labute approximate surface area is 135 Å². The number of furan rings is 1. The second kappa shape index (κ2) is 4.98. The second-order valence-electron chi connectivity index (χ2n) is 7.53. The molecule has 2 saturated carbocycles. The molecule has 4 aliphatic rings. The van der Waals surface area contributed by atoms with Crippen LogP contribution in [0.2, 0.25) is 0 Å². The first-order valence-corrected chi connectivity index (χ1v) is 8.66. The van der Waals surface area contributed by atoms with Crippen molar-refractivity contribution in [3.63, 3.8) is 0 Å². The van der Waals surface area contributed by atoms with Crippen LogP contribution in [0.25, 0.3) is 11.5 Å². The number of aromatic amines is 1. The Balaban J connectivity index is 1.42. The molecule has 2 aliphatic heterocycles. The first-order chi connectivity index (χ1) is 11.3. The lowest BCUT2D eigenvalue weighted by molar-refractivity contribution is 0.0627. The van der Waals surface area contributed by atoms with Crippen LogP contribution in [0.3, 0.4) is 0 Å². The van der Waals surface area contributed by atoms with Gasteiger partial charge in [0.2, 0.25) is 0 Å². The molecule has 5 heteroatoms. The number of amides is 1. The Hall–Kier alpha value is -2.04.